The minimum Gasteiger partial charge on any atom is -0.352 e. The maximum atomic E-state index is 13.2. The molecule has 1 atom stereocenters. The lowest BCUT2D eigenvalue weighted by Gasteiger charge is -2.38. The van der Waals surface area contributed by atoms with E-state index in [9.17, 15) is 18.0 Å². The number of amides is 2. The van der Waals surface area contributed by atoms with Crippen molar-refractivity contribution in [3.63, 3.8) is 0 Å². The molecule has 1 N–H and O–H groups in total. The molecule has 29 heavy (non-hydrogen) atoms. The van der Waals surface area contributed by atoms with Crippen LogP contribution in [-0.4, -0.2) is 104 Å². The number of sulfone groups is 1. The first-order valence-corrected chi connectivity index (χ1v) is 12.5. The molecule has 9 heteroatoms. The van der Waals surface area contributed by atoms with Gasteiger partial charge in [-0.1, -0.05) is 18.9 Å². The van der Waals surface area contributed by atoms with E-state index in [-0.39, 0.29) is 35.4 Å². The van der Waals surface area contributed by atoms with Crippen molar-refractivity contribution >= 4 is 21.7 Å². The summed E-state index contributed by atoms with van der Waals surface area (Å²) in [5.41, 5.74) is 0. The largest absolute Gasteiger partial charge is 0.352 e. The molecule has 164 valence electrons. The summed E-state index contributed by atoms with van der Waals surface area (Å²) in [6.07, 6.45) is 6.41. The Morgan fingerprint density at radius 3 is 2.17 bits per heavy atom. The third kappa shape index (κ3) is 6.26. The van der Waals surface area contributed by atoms with Gasteiger partial charge in [0.15, 0.2) is 9.84 Å². The summed E-state index contributed by atoms with van der Waals surface area (Å²) in [5, 5.41) is 2.78. The summed E-state index contributed by atoms with van der Waals surface area (Å²) < 4.78 is 23.9. The van der Waals surface area contributed by atoms with Crippen LogP contribution >= 0.6 is 0 Å². The first-order valence-electron chi connectivity index (χ1n) is 10.7. The highest BCUT2D eigenvalue weighted by molar-refractivity contribution is 7.91. The predicted molar refractivity (Wildman–Crippen MR) is 112 cm³/mol. The molecule has 1 saturated carbocycles. The summed E-state index contributed by atoms with van der Waals surface area (Å²) in [4.78, 5) is 31.2. The van der Waals surface area contributed by atoms with Gasteiger partial charge in [-0.2, -0.15) is 0 Å². The topological polar surface area (TPSA) is 90.0 Å². The Labute approximate surface area is 174 Å². The zero-order valence-corrected chi connectivity index (χ0v) is 18.0. The molecule has 0 aromatic carbocycles. The van der Waals surface area contributed by atoms with E-state index in [0.717, 1.165) is 51.9 Å². The van der Waals surface area contributed by atoms with Gasteiger partial charge in [0.2, 0.25) is 11.8 Å². The zero-order valence-electron chi connectivity index (χ0n) is 17.2. The van der Waals surface area contributed by atoms with Crippen LogP contribution in [-0.2, 0) is 19.4 Å². The summed E-state index contributed by atoms with van der Waals surface area (Å²) in [6, 6.07) is 0.0288. The van der Waals surface area contributed by atoms with Gasteiger partial charge in [-0.3, -0.25) is 19.4 Å². The van der Waals surface area contributed by atoms with Crippen LogP contribution in [0.25, 0.3) is 0 Å². The van der Waals surface area contributed by atoms with Crippen LogP contribution in [0.4, 0.5) is 0 Å². The molecule has 0 bridgehead atoms. The number of rotatable bonds is 8. The predicted octanol–water partition coefficient (Wildman–Crippen LogP) is -0.135. The molecular formula is C20H34N4O4S. The first-order chi connectivity index (χ1) is 13.9. The maximum absolute atomic E-state index is 13.2. The molecule has 2 saturated heterocycles. The van der Waals surface area contributed by atoms with Crippen molar-refractivity contribution in [2.45, 2.75) is 44.2 Å². The second-order valence-corrected chi connectivity index (χ2v) is 10.7. The summed E-state index contributed by atoms with van der Waals surface area (Å²) in [6.45, 7) is 7.74. The van der Waals surface area contributed by atoms with E-state index in [1.807, 2.05) is 4.90 Å². The van der Waals surface area contributed by atoms with E-state index in [0.29, 0.717) is 26.1 Å². The average molecular weight is 427 g/mol. The van der Waals surface area contributed by atoms with Crippen molar-refractivity contribution < 1.29 is 18.0 Å². The third-order valence-corrected chi connectivity index (χ3v) is 7.99. The second-order valence-electron chi connectivity index (χ2n) is 8.44. The lowest BCUT2D eigenvalue weighted by molar-refractivity contribution is -0.137. The molecule has 2 aliphatic heterocycles. The van der Waals surface area contributed by atoms with Crippen LogP contribution < -0.4 is 5.32 Å². The van der Waals surface area contributed by atoms with Crippen LogP contribution in [0.15, 0.2) is 12.7 Å². The van der Waals surface area contributed by atoms with Gasteiger partial charge < -0.3 is 10.2 Å². The highest BCUT2D eigenvalue weighted by Gasteiger charge is 2.39. The quantitative estimate of drug-likeness (QED) is 0.544. The Balaban J connectivity index is 1.51. The Bertz CT molecular complexity index is 697. The minimum absolute atomic E-state index is 0.00993. The monoisotopic (exact) mass is 426 g/mol. The Morgan fingerprint density at radius 2 is 1.62 bits per heavy atom. The van der Waals surface area contributed by atoms with Crippen molar-refractivity contribution in [2.75, 3.05) is 57.3 Å². The standard InChI is InChI=1S/C20H34N4O4S/c1-2-8-21-19(25)14-22-9-11-23(12-10-22)15-20(26)24(17-5-3-4-6-17)18-7-13-29(27,28)16-18/h2,17-18H,1,3-16H2,(H,21,25). The zero-order chi connectivity index (χ0) is 20.9. The smallest absolute Gasteiger partial charge is 0.237 e. The van der Waals surface area contributed by atoms with E-state index < -0.39 is 9.84 Å². The van der Waals surface area contributed by atoms with Gasteiger partial charge in [-0.15, -0.1) is 6.58 Å². The molecule has 3 aliphatic rings. The molecule has 3 rings (SSSR count). The second kappa shape index (κ2) is 10.0. The number of nitrogens with zero attached hydrogens (tertiary/aromatic N) is 3. The number of nitrogens with one attached hydrogen (secondary N) is 1. The van der Waals surface area contributed by atoms with E-state index in [4.69, 9.17) is 0 Å². The Morgan fingerprint density at radius 1 is 1.00 bits per heavy atom. The van der Waals surface area contributed by atoms with Crippen LogP contribution in [0.3, 0.4) is 0 Å². The fourth-order valence-electron chi connectivity index (χ4n) is 4.71. The van der Waals surface area contributed by atoms with E-state index in [2.05, 4.69) is 21.7 Å². The third-order valence-electron chi connectivity index (χ3n) is 6.24. The highest BCUT2D eigenvalue weighted by atomic mass is 32.2. The van der Waals surface area contributed by atoms with Crippen LogP contribution in [0.1, 0.15) is 32.1 Å². The van der Waals surface area contributed by atoms with E-state index in [1.165, 1.54) is 0 Å². The SMILES string of the molecule is C=CCNC(=O)CN1CCN(CC(=O)N(C2CCCC2)C2CCS(=O)(=O)C2)CC1. The number of piperazine rings is 1. The lowest BCUT2D eigenvalue weighted by atomic mass is 10.1. The van der Waals surface area contributed by atoms with Crippen molar-refractivity contribution in [1.29, 1.82) is 0 Å². The van der Waals surface area contributed by atoms with Crippen molar-refractivity contribution in [1.82, 2.24) is 20.0 Å². The molecule has 1 unspecified atom stereocenters. The highest BCUT2D eigenvalue weighted by Crippen LogP contribution is 2.29. The Hall–Kier alpha value is -1.45. The number of carbonyl (C=O) groups is 2. The molecule has 3 fully saturated rings. The van der Waals surface area contributed by atoms with Gasteiger partial charge in [0.05, 0.1) is 24.6 Å². The number of hydrogen-bond acceptors (Lipinski definition) is 6. The fourth-order valence-corrected chi connectivity index (χ4v) is 6.42. The molecule has 8 nitrogen and oxygen atoms in total. The summed E-state index contributed by atoms with van der Waals surface area (Å²) >= 11 is 0. The van der Waals surface area contributed by atoms with E-state index >= 15 is 0 Å². The van der Waals surface area contributed by atoms with Crippen molar-refractivity contribution in [3.05, 3.63) is 12.7 Å². The van der Waals surface area contributed by atoms with Gasteiger partial charge in [0.25, 0.3) is 0 Å². The molecule has 2 amide bonds. The molecule has 2 heterocycles. The fraction of sp³-hybridized carbons (Fsp3) is 0.800. The molecular weight excluding hydrogens is 392 g/mol. The molecule has 0 spiro atoms. The maximum Gasteiger partial charge on any atom is 0.237 e. The van der Waals surface area contributed by atoms with Gasteiger partial charge in [-0.05, 0) is 19.3 Å². The average Bonchev–Trinajstić information content (AvgIpc) is 3.32. The molecule has 0 aromatic heterocycles. The van der Waals surface area contributed by atoms with Gasteiger partial charge in [0, 0.05) is 44.8 Å². The van der Waals surface area contributed by atoms with E-state index in [1.54, 1.807) is 6.08 Å². The normalized spacial score (nSPS) is 25.7. The minimum atomic E-state index is -3.02. The van der Waals surface area contributed by atoms with Gasteiger partial charge in [0.1, 0.15) is 0 Å². The van der Waals surface area contributed by atoms with Crippen LogP contribution in [0.2, 0.25) is 0 Å². The lowest BCUT2D eigenvalue weighted by Crippen LogP contribution is -2.54. The molecule has 0 aromatic rings. The van der Waals surface area contributed by atoms with Crippen molar-refractivity contribution in [3.8, 4) is 0 Å². The summed E-state index contributed by atoms with van der Waals surface area (Å²) in [7, 11) is -3.02. The first kappa shape index (κ1) is 22.2. The van der Waals surface area contributed by atoms with Crippen molar-refractivity contribution in [2.24, 2.45) is 0 Å². The molecule has 0 radical (unpaired) electrons. The van der Waals surface area contributed by atoms with Gasteiger partial charge >= 0.3 is 0 Å². The Kier molecular flexibility index (Phi) is 7.70. The van der Waals surface area contributed by atoms with Crippen LogP contribution in [0.5, 0.6) is 0 Å². The number of hydrogen-bond donors (Lipinski definition) is 1. The van der Waals surface area contributed by atoms with Crippen LogP contribution in [0, 0.1) is 0 Å². The summed E-state index contributed by atoms with van der Waals surface area (Å²) in [5.74, 6) is 0.365. The van der Waals surface area contributed by atoms with Gasteiger partial charge in [-0.25, -0.2) is 8.42 Å². The number of carbonyl (C=O) groups excluding carboxylic acids is 2. The molecule has 1 aliphatic carbocycles.